The summed E-state index contributed by atoms with van der Waals surface area (Å²) in [5.74, 6) is -1.18. The molecule has 2 aromatic rings. The number of carbonyl (C=O) groups excluding carboxylic acids is 2. The van der Waals surface area contributed by atoms with E-state index in [0.717, 1.165) is 6.26 Å². The van der Waals surface area contributed by atoms with Crippen molar-refractivity contribution in [2.24, 2.45) is 0 Å². The lowest BCUT2D eigenvalue weighted by Gasteiger charge is -2.10. The molecule has 29 heavy (non-hydrogen) atoms. The van der Waals surface area contributed by atoms with Crippen molar-refractivity contribution in [2.45, 2.75) is 4.90 Å². The largest absolute Gasteiger partial charge is 0.497 e. The van der Waals surface area contributed by atoms with Gasteiger partial charge in [-0.25, -0.2) is 13.2 Å². The van der Waals surface area contributed by atoms with Gasteiger partial charge in [0, 0.05) is 6.26 Å². The summed E-state index contributed by atoms with van der Waals surface area (Å²) in [7, 11) is -2.06. The molecule has 0 spiro atoms. The van der Waals surface area contributed by atoms with E-state index in [4.69, 9.17) is 9.47 Å². The van der Waals surface area contributed by atoms with Gasteiger partial charge in [-0.2, -0.15) is 5.26 Å². The van der Waals surface area contributed by atoms with Gasteiger partial charge in [0.1, 0.15) is 17.4 Å². The summed E-state index contributed by atoms with van der Waals surface area (Å²) in [6.45, 7) is -0.686. The van der Waals surface area contributed by atoms with Crippen LogP contribution in [0.5, 0.6) is 5.75 Å². The van der Waals surface area contributed by atoms with Crippen LogP contribution in [0.4, 0.5) is 5.69 Å². The van der Waals surface area contributed by atoms with E-state index in [1.54, 1.807) is 36.4 Å². The van der Waals surface area contributed by atoms with Crippen molar-refractivity contribution in [3.63, 3.8) is 0 Å². The molecule has 2 aromatic carbocycles. The van der Waals surface area contributed by atoms with E-state index in [2.05, 4.69) is 5.32 Å². The summed E-state index contributed by atoms with van der Waals surface area (Å²) < 4.78 is 33.5. The first-order chi connectivity index (χ1) is 13.7. The summed E-state index contributed by atoms with van der Waals surface area (Å²) in [5.41, 5.74) is 0.315. The zero-order valence-electron chi connectivity index (χ0n) is 15.7. The minimum absolute atomic E-state index is 0.0599. The highest BCUT2D eigenvalue weighted by atomic mass is 32.2. The van der Waals surface area contributed by atoms with Crippen molar-refractivity contribution < 1.29 is 27.5 Å². The van der Waals surface area contributed by atoms with Gasteiger partial charge in [0.25, 0.3) is 5.91 Å². The number of nitrogens with zero attached hydrogens (tertiary/aromatic N) is 1. The maximum absolute atomic E-state index is 12.1. The Labute approximate surface area is 168 Å². The predicted molar refractivity (Wildman–Crippen MR) is 106 cm³/mol. The summed E-state index contributed by atoms with van der Waals surface area (Å²) >= 11 is 0. The molecular weight excluding hydrogens is 396 g/mol. The van der Waals surface area contributed by atoms with Crippen molar-refractivity contribution in [3.05, 3.63) is 59.7 Å². The van der Waals surface area contributed by atoms with E-state index in [0.29, 0.717) is 11.3 Å². The van der Waals surface area contributed by atoms with Gasteiger partial charge in [0.15, 0.2) is 16.4 Å². The number of carbonyl (C=O) groups is 2. The molecule has 1 amide bonds. The Morgan fingerprint density at radius 1 is 1.17 bits per heavy atom. The van der Waals surface area contributed by atoms with Crippen molar-refractivity contribution in [2.75, 3.05) is 25.3 Å². The highest BCUT2D eigenvalue weighted by Crippen LogP contribution is 2.20. The highest BCUT2D eigenvalue weighted by Gasteiger charge is 2.17. The van der Waals surface area contributed by atoms with Crippen LogP contribution < -0.4 is 10.1 Å². The number of hydrogen-bond acceptors (Lipinski definition) is 7. The lowest BCUT2D eigenvalue weighted by Crippen LogP contribution is -2.22. The molecule has 0 aliphatic heterocycles. The number of amides is 1. The quantitative estimate of drug-likeness (QED) is 0.418. The van der Waals surface area contributed by atoms with Gasteiger partial charge < -0.3 is 14.8 Å². The van der Waals surface area contributed by atoms with Crippen LogP contribution in [0, 0.1) is 11.3 Å². The Morgan fingerprint density at radius 3 is 2.55 bits per heavy atom. The fourth-order valence-corrected chi connectivity index (χ4v) is 3.17. The Hall–Kier alpha value is -3.64. The first-order valence-electron chi connectivity index (χ1n) is 8.26. The number of methoxy groups -OCH3 is 1. The van der Waals surface area contributed by atoms with E-state index in [1.165, 1.54) is 31.4 Å². The number of para-hydroxylation sites is 1. The first-order valence-corrected chi connectivity index (χ1v) is 10.2. The van der Waals surface area contributed by atoms with Crippen molar-refractivity contribution >= 4 is 33.5 Å². The third-order valence-corrected chi connectivity index (χ3v) is 4.80. The van der Waals surface area contributed by atoms with E-state index >= 15 is 0 Å². The SMILES string of the molecule is COc1cccc(/C=C(\C#N)C(=O)OCC(=O)Nc2ccccc2S(C)(=O)=O)c1. The summed E-state index contributed by atoms with van der Waals surface area (Å²) in [6, 6.07) is 14.3. The molecule has 8 nitrogen and oxygen atoms in total. The van der Waals surface area contributed by atoms with Gasteiger partial charge >= 0.3 is 5.97 Å². The maximum atomic E-state index is 12.1. The zero-order valence-corrected chi connectivity index (χ0v) is 16.5. The second-order valence-electron chi connectivity index (χ2n) is 5.84. The van der Waals surface area contributed by atoms with E-state index < -0.39 is 28.3 Å². The molecule has 0 aliphatic rings. The van der Waals surface area contributed by atoms with Crippen molar-refractivity contribution in [1.29, 1.82) is 5.26 Å². The molecule has 9 heteroatoms. The number of nitriles is 1. The minimum Gasteiger partial charge on any atom is -0.497 e. The first kappa shape index (κ1) is 21.7. The van der Waals surface area contributed by atoms with E-state index in [9.17, 15) is 23.3 Å². The normalized spacial score (nSPS) is 11.3. The van der Waals surface area contributed by atoms with Gasteiger partial charge in [-0.3, -0.25) is 4.79 Å². The van der Waals surface area contributed by atoms with Crippen LogP contribution in [0.3, 0.4) is 0 Å². The topological polar surface area (TPSA) is 123 Å². The summed E-state index contributed by atoms with van der Waals surface area (Å²) in [5, 5.41) is 11.6. The number of benzene rings is 2. The molecule has 0 saturated carbocycles. The third kappa shape index (κ3) is 6.19. The highest BCUT2D eigenvalue weighted by molar-refractivity contribution is 7.90. The molecule has 0 heterocycles. The van der Waals surface area contributed by atoms with Crippen molar-refractivity contribution in [3.8, 4) is 11.8 Å². The van der Waals surface area contributed by atoms with E-state index in [-0.39, 0.29) is 16.2 Å². The Morgan fingerprint density at radius 2 is 1.90 bits per heavy atom. The number of hydrogen-bond donors (Lipinski definition) is 1. The molecule has 0 radical (unpaired) electrons. The third-order valence-electron chi connectivity index (χ3n) is 3.64. The lowest BCUT2D eigenvalue weighted by atomic mass is 10.1. The number of nitrogens with one attached hydrogen (secondary N) is 1. The van der Waals surface area contributed by atoms with Crippen LogP contribution in [-0.2, 0) is 24.2 Å². The molecule has 0 fully saturated rings. The van der Waals surface area contributed by atoms with Gasteiger partial charge in [0.2, 0.25) is 0 Å². The standard InChI is InChI=1S/C20H18N2O6S/c1-27-16-7-5-6-14(11-16)10-15(12-21)20(24)28-13-19(23)22-17-8-3-4-9-18(17)29(2,25)26/h3-11H,13H2,1-2H3,(H,22,23)/b15-10+. The van der Waals surface area contributed by atoms with Gasteiger partial charge in [0.05, 0.1) is 17.7 Å². The van der Waals surface area contributed by atoms with Crippen LogP contribution in [0.1, 0.15) is 5.56 Å². The predicted octanol–water partition coefficient (Wildman–Crippen LogP) is 2.19. The number of esters is 1. The Balaban J connectivity index is 2.05. The Bertz CT molecular complexity index is 1100. The van der Waals surface area contributed by atoms with Gasteiger partial charge in [-0.05, 0) is 35.9 Å². The fraction of sp³-hybridized carbons (Fsp3) is 0.150. The number of ether oxygens (including phenoxy) is 2. The minimum atomic E-state index is -3.55. The van der Waals surface area contributed by atoms with Crippen molar-refractivity contribution in [1.82, 2.24) is 0 Å². The average Bonchev–Trinajstić information content (AvgIpc) is 2.70. The lowest BCUT2D eigenvalue weighted by molar-refractivity contribution is -0.142. The Kier molecular flexibility index (Phi) is 7.11. The second kappa shape index (κ2) is 9.52. The summed E-state index contributed by atoms with van der Waals surface area (Å²) in [6.07, 6.45) is 2.32. The molecule has 2 rings (SSSR count). The monoisotopic (exact) mass is 414 g/mol. The molecule has 0 bridgehead atoms. The molecule has 150 valence electrons. The van der Waals surface area contributed by atoms with Crippen LogP contribution >= 0.6 is 0 Å². The number of rotatable bonds is 7. The molecular formula is C20H18N2O6S. The maximum Gasteiger partial charge on any atom is 0.349 e. The molecule has 1 N–H and O–H groups in total. The van der Waals surface area contributed by atoms with Gasteiger partial charge in [-0.1, -0.05) is 24.3 Å². The van der Waals surface area contributed by atoms with Crippen LogP contribution in [0.25, 0.3) is 6.08 Å². The molecule has 0 aliphatic carbocycles. The number of anilines is 1. The molecule has 0 unspecified atom stereocenters. The molecule has 0 aromatic heterocycles. The molecule has 0 atom stereocenters. The fourth-order valence-electron chi connectivity index (χ4n) is 2.32. The van der Waals surface area contributed by atoms with Crippen LogP contribution in [0.2, 0.25) is 0 Å². The van der Waals surface area contributed by atoms with Crippen LogP contribution in [-0.4, -0.2) is 40.3 Å². The smallest absolute Gasteiger partial charge is 0.349 e. The summed E-state index contributed by atoms with van der Waals surface area (Å²) in [4.78, 5) is 24.1. The molecule has 0 saturated heterocycles. The second-order valence-corrected chi connectivity index (χ2v) is 7.82. The van der Waals surface area contributed by atoms with Gasteiger partial charge in [-0.15, -0.1) is 0 Å². The number of sulfone groups is 1. The van der Waals surface area contributed by atoms with Crippen LogP contribution in [0.15, 0.2) is 59.0 Å². The zero-order chi connectivity index (χ0) is 21.4. The van der Waals surface area contributed by atoms with E-state index in [1.807, 2.05) is 0 Å². The average molecular weight is 414 g/mol.